The van der Waals surface area contributed by atoms with Crippen molar-refractivity contribution in [1.29, 1.82) is 0 Å². The van der Waals surface area contributed by atoms with Crippen molar-refractivity contribution >= 4 is 43.1 Å². The molecule has 90 valence electrons. The zero-order chi connectivity index (χ0) is 12.2. The number of hydrogen-bond acceptors (Lipinski definition) is 3. The number of benzene rings is 1. The molecule has 0 fully saturated rings. The summed E-state index contributed by atoms with van der Waals surface area (Å²) < 4.78 is 22.7. The second kappa shape index (κ2) is 5.89. The normalized spacial score (nSPS) is 11.4. The Bertz CT molecular complexity index is 462. The molecule has 0 unspecified atom stereocenters. The van der Waals surface area contributed by atoms with Crippen LogP contribution in [-0.4, -0.2) is 27.0 Å². The summed E-state index contributed by atoms with van der Waals surface area (Å²) in [5.74, 6) is 0.189. The van der Waals surface area contributed by atoms with Crippen LogP contribution in [0, 0.1) is 0 Å². The van der Waals surface area contributed by atoms with Crippen LogP contribution in [0.2, 0.25) is 5.02 Å². The topological polar surface area (TPSA) is 46.2 Å². The van der Waals surface area contributed by atoms with Gasteiger partial charge in [-0.05, 0) is 24.6 Å². The van der Waals surface area contributed by atoms with Gasteiger partial charge in [0.1, 0.15) is 9.84 Å². The fraction of sp³-hybridized carbons (Fsp3) is 0.400. The van der Waals surface area contributed by atoms with Gasteiger partial charge in [0.2, 0.25) is 0 Å². The van der Waals surface area contributed by atoms with Gasteiger partial charge in [-0.25, -0.2) is 8.42 Å². The Balaban J connectivity index is 2.43. The minimum Gasteiger partial charge on any atom is -0.384 e. The van der Waals surface area contributed by atoms with Crippen molar-refractivity contribution in [1.82, 2.24) is 0 Å². The van der Waals surface area contributed by atoms with Gasteiger partial charge < -0.3 is 5.32 Å². The van der Waals surface area contributed by atoms with Crippen molar-refractivity contribution in [2.24, 2.45) is 0 Å². The number of halogens is 2. The second-order valence-corrected chi connectivity index (χ2v) is 7.12. The third-order valence-corrected chi connectivity index (χ3v) is 3.77. The molecule has 0 spiro atoms. The first-order valence-corrected chi connectivity index (χ1v) is 7.98. The van der Waals surface area contributed by atoms with Crippen molar-refractivity contribution in [2.45, 2.75) is 6.42 Å². The first-order valence-electron chi connectivity index (χ1n) is 4.75. The standard InChI is InChI=1S/C10H13BrClNO2S/c1-16(14,15)6-2-5-13-10-4-3-8(11)7-9(10)12/h3-4,7,13H,2,5-6H2,1H3. The van der Waals surface area contributed by atoms with Crippen LogP contribution in [0.25, 0.3) is 0 Å². The SMILES string of the molecule is CS(=O)(=O)CCCNc1ccc(Br)cc1Cl. The molecule has 3 nitrogen and oxygen atoms in total. The van der Waals surface area contributed by atoms with Crippen LogP contribution in [0.1, 0.15) is 6.42 Å². The molecule has 0 atom stereocenters. The Hall–Kier alpha value is -0.260. The predicted molar refractivity (Wildman–Crippen MR) is 72.0 cm³/mol. The van der Waals surface area contributed by atoms with Gasteiger partial charge in [0.15, 0.2) is 0 Å². The van der Waals surface area contributed by atoms with Crippen LogP contribution in [0.4, 0.5) is 5.69 Å². The van der Waals surface area contributed by atoms with E-state index in [1.165, 1.54) is 6.26 Å². The van der Waals surface area contributed by atoms with Gasteiger partial charge >= 0.3 is 0 Å². The van der Waals surface area contributed by atoms with Crippen LogP contribution in [0.3, 0.4) is 0 Å². The molecule has 1 N–H and O–H groups in total. The van der Waals surface area contributed by atoms with E-state index in [9.17, 15) is 8.42 Å². The second-order valence-electron chi connectivity index (χ2n) is 3.53. The summed E-state index contributed by atoms with van der Waals surface area (Å²) in [4.78, 5) is 0. The molecule has 0 amide bonds. The number of hydrogen-bond donors (Lipinski definition) is 1. The van der Waals surface area contributed by atoms with Crippen molar-refractivity contribution < 1.29 is 8.42 Å². The van der Waals surface area contributed by atoms with Gasteiger partial charge in [-0.1, -0.05) is 27.5 Å². The maximum absolute atomic E-state index is 10.9. The predicted octanol–water partition coefficient (Wildman–Crippen LogP) is 2.95. The largest absolute Gasteiger partial charge is 0.384 e. The lowest BCUT2D eigenvalue weighted by Crippen LogP contribution is -2.09. The minimum atomic E-state index is -2.88. The van der Waals surface area contributed by atoms with Crippen LogP contribution in [0.5, 0.6) is 0 Å². The lowest BCUT2D eigenvalue weighted by molar-refractivity contribution is 0.600. The lowest BCUT2D eigenvalue weighted by atomic mass is 10.3. The average molecular weight is 327 g/mol. The molecular weight excluding hydrogens is 314 g/mol. The summed E-state index contributed by atoms with van der Waals surface area (Å²) in [6, 6.07) is 5.53. The lowest BCUT2D eigenvalue weighted by Gasteiger charge is -2.08. The first-order chi connectivity index (χ1) is 7.38. The summed E-state index contributed by atoms with van der Waals surface area (Å²) in [7, 11) is -2.88. The Kier molecular flexibility index (Phi) is 5.08. The van der Waals surface area contributed by atoms with Crippen LogP contribution in [0.15, 0.2) is 22.7 Å². The van der Waals surface area contributed by atoms with Crippen molar-refractivity contribution in [2.75, 3.05) is 23.9 Å². The molecule has 1 aromatic rings. The maximum atomic E-state index is 10.9. The van der Waals surface area contributed by atoms with E-state index in [0.29, 0.717) is 18.0 Å². The molecule has 0 aliphatic carbocycles. The molecule has 0 aliphatic heterocycles. The first kappa shape index (κ1) is 13.8. The zero-order valence-corrected chi connectivity index (χ0v) is 12.0. The number of anilines is 1. The fourth-order valence-electron chi connectivity index (χ4n) is 1.19. The van der Waals surface area contributed by atoms with E-state index in [2.05, 4.69) is 21.2 Å². The Morgan fingerprint density at radius 1 is 1.44 bits per heavy atom. The smallest absolute Gasteiger partial charge is 0.147 e. The summed E-state index contributed by atoms with van der Waals surface area (Å²) in [5, 5.41) is 3.71. The van der Waals surface area contributed by atoms with E-state index in [1.807, 2.05) is 12.1 Å². The van der Waals surface area contributed by atoms with Gasteiger partial charge in [0, 0.05) is 17.3 Å². The highest BCUT2D eigenvalue weighted by molar-refractivity contribution is 9.10. The summed E-state index contributed by atoms with van der Waals surface area (Å²) in [5.41, 5.74) is 0.818. The fourth-order valence-corrected chi connectivity index (χ4v) is 2.60. The third-order valence-electron chi connectivity index (χ3n) is 1.94. The third kappa shape index (κ3) is 5.18. The van der Waals surface area contributed by atoms with Crippen LogP contribution >= 0.6 is 27.5 Å². The van der Waals surface area contributed by atoms with E-state index >= 15 is 0 Å². The highest BCUT2D eigenvalue weighted by Gasteiger charge is 2.03. The van der Waals surface area contributed by atoms with Gasteiger partial charge in [0.05, 0.1) is 16.5 Å². The summed E-state index contributed by atoms with van der Waals surface area (Å²) in [6.45, 7) is 0.592. The Morgan fingerprint density at radius 2 is 2.12 bits per heavy atom. The number of rotatable bonds is 5. The van der Waals surface area contributed by atoms with E-state index in [-0.39, 0.29) is 5.75 Å². The Labute approximate surface area is 109 Å². The van der Waals surface area contributed by atoms with E-state index in [1.54, 1.807) is 6.07 Å². The molecule has 1 aromatic carbocycles. The molecule has 1 rings (SSSR count). The van der Waals surface area contributed by atoms with E-state index in [4.69, 9.17) is 11.6 Å². The molecule has 0 saturated heterocycles. The molecule has 0 radical (unpaired) electrons. The molecule has 0 aromatic heterocycles. The molecule has 16 heavy (non-hydrogen) atoms. The highest BCUT2D eigenvalue weighted by Crippen LogP contribution is 2.25. The monoisotopic (exact) mass is 325 g/mol. The molecule has 0 saturated carbocycles. The maximum Gasteiger partial charge on any atom is 0.147 e. The van der Waals surface area contributed by atoms with Crippen molar-refractivity contribution in [3.63, 3.8) is 0 Å². The number of nitrogens with one attached hydrogen (secondary N) is 1. The molecule has 0 heterocycles. The van der Waals surface area contributed by atoms with Gasteiger partial charge in [-0.15, -0.1) is 0 Å². The van der Waals surface area contributed by atoms with Crippen molar-refractivity contribution in [3.05, 3.63) is 27.7 Å². The summed E-state index contributed by atoms with van der Waals surface area (Å²) >= 11 is 9.30. The van der Waals surface area contributed by atoms with Crippen LogP contribution in [-0.2, 0) is 9.84 Å². The summed E-state index contributed by atoms with van der Waals surface area (Å²) in [6.07, 6.45) is 1.81. The van der Waals surface area contributed by atoms with Crippen molar-refractivity contribution in [3.8, 4) is 0 Å². The average Bonchev–Trinajstić information content (AvgIpc) is 2.13. The van der Waals surface area contributed by atoms with Gasteiger partial charge in [0.25, 0.3) is 0 Å². The molecule has 0 bridgehead atoms. The van der Waals surface area contributed by atoms with Gasteiger partial charge in [-0.2, -0.15) is 0 Å². The molecular formula is C10H13BrClNO2S. The minimum absolute atomic E-state index is 0.189. The van der Waals surface area contributed by atoms with Crippen LogP contribution < -0.4 is 5.32 Å². The van der Waals surface area contributed by atoms with Gasteiger partial charge in [-0.3, -0.25) is 0 Å². The zero-order valence-electron chi connectivity index (χ0n) is 8.83. The quantitative estimate of drug-likeness (QED) is 0.846. The molecule has 0 aliphatic rings. The van der Waals surface area contributed by atoms with E-state index in [0.717, 1.165) is 10.2 Å². The Morgan fingerprint density at radius 3 is 2.69 bits per heavy atom. The molecule has 6 heteroatoms. The highest BCUT2D eigenvalue weighted by atomic mass is 79.9. The van der Waals surface area contributed by atoms with E-state index < -0.39 is 9.84 Å². The number of sulfone groups is 1.